The SMILES string of the molecule is COc1ccc(/C(N)=N\OCc2ccc(C(N)=O)cc2)cc1. The second-order valence-electron chi connectivity index (χ2n) is 4.54. The minimum atomic E-state index is -0.464. The van der Waals surface area contributed by atoms with Crippen molar-refractivity contribution < 1.29 is 14.4 Å². The first-order chi connectivity index (χ1) is 10.6. The first kappa shape index (κ1) is 15.4. The molecular formula is C16H17N3O3. The van der Waals surface area contributed by atoms with Gasteiger partial charge in [-0.1, -0.05) is 17.3 Å². The Morgan fingerprint density at radius 1 is 1.00 bits per heavy atom. The fourth-order valence-corrected chi connectivity index (χ4v) is 1.76. The molecule has 0 spiro atoms. The lowest BCUT2D eigenvalue weighted by Crippen LogP contribution is -2.13. The van der Waals surface area contributed by atoms with Gasteiger partial charge in [-0.15, -0.1) is 0 Å². The monoisotopic (exact) mass is 299 g/mol. The summed E-state index contributed by atoms with van der Waals surface area (Å²) in [6, 6.07) is 13.9. The van der Waals surface area contributed by atoms with Gasteiger partial charge in [0.15, 0.2) is 5.84 Å². The van der Waals surface area contributed by atoms with Crippen molar-refractivity contribution in [1.29, 1.82) is 0 Å². The Hall–Kier alpha value is -3.02. The third-order valence-electron chi connectivity index (χ3n) is 3.02. The Balaban J connectivity index is 1.94. The minimum Gasteiger partial charge on any atom is -0.497 e. The lowest BCUT2D eigenvalue weighted by molar-refractivity contribution is 0.1000. The first-order valence-corrected chi connectivity index (χ1v) is 6.58. The standard InChI is InChI=1S/C16H17N3O3/c1-21-14-8-6-12(7-9-14)15(17)19-22-10-11-2-4-13(5-3-11)16(18)20/h2-9H,10H2,1H3,(H2,17,19)(H2,18,20). The first-order valence-electron chi connectivity index (χ1n) is 6.58. The summed E-state index contributed by atoms with van der Waals surface area (Å²) >= 11 is 0. The van der Waals surface area contributed by atoms with E-state index in [-0.39, 0.29) is 12.4 Å². The summed E-state index contributed by atoms with van der Waals surface area (Å²) in [6.45, 7) is 0.246. The summed E-state index contributed by atoms with van der Waals surface area (Å²) in [7, 11) is 1.60. The number of carbonyl (C=O) groups excluding carboxylic acids is 1. The van der Waals surface area contributed by atoms with Crippen LogP contribution in [0.3, 0.4) is 0 Å². The number of ether oxygens (including phenoxy) is 1. The molecule has 22 heavy (non-hydrogen) atoms. The van der Waals surface area contributed by atoms with Crippen LogP contribution in [-0.4, -0.2) is 18.9 Å². The van der Waals surface area contributed by atoms with Crippen LogP contribution >= 0.6 is 0 Å². The molecule has 1 amide bonds. The number of methoxy groups -OCH3 is 1. The smallest absolute Gasteiger partial charge is 0.248 e. The number of hydrogen-bond donors (Lipinski definition) is 2. The molecule has 0 atom stereocenters. The highest BCUT2D eigenvalue weighted by molar-refractivity contribution is 5.97. The van der Waals surface area contributed by atoms with Crippen LogP contribution in [0.4, 0.5) is 0 Å². The highest BCUT2D eigenvalue weighted by atomic mass is 16.6. The molecule has 114 valence electrons. The molecule has 4 N–H and O–H groups in total. The molecule has 0 aliphatic carbocycles. The number of benzene rings is 2. The van der Waals surface area contributed by atoms with Crippen molar-refractivity contribution in [2.45, 2.75) is 6.61 Å². The van der Waals surface area contributed by atoms with Crippen LogP contribution in [0.2, 0.25) is 0 Å². The van der Waals surface area contributed by atoms with E-state index >= 15 is 0 Å². The molecule has 0 saturated heterocycles. The summed E-state index contributed by atoms with van der Waals surface area (Å²) in [5, 5.41) is 3.86. The van der Waals surface area contributed by atoms with Gasteiger partial charge in [0.2, 0.25) is 5.91 Å². The molecule has 0 saturated carbocycles. The molecule has 0 radical (unpaired) electrons. The number of amidine groups is 1. The number of amides is 1. The Morgan fingerprint density at radius 2 is 1.59 bits per heavy atom. The summed E-state index contributed by atoms with van der Waals surface area (Å²) in [6.07, 6.45) is 0. The molecule has 0 heterocycles. The zero-order chi connectivity index (χ0) is 15.9. The van der Waals surface area contributed by atoms with Crippen molar-refractivity contribution in [3.05, 3.63) is 65.2 Å². The highest BCUT2D eigenvalue weighted by Crippen LogP contribution is 2.11. The molecule has 0 unspecified atom stereocenters. The number of carbonyl (C=O) groups is 1. The summed E-state index contributed by atoms with van der Waals surface area (Å²) in [4.78, 5) is 16.2. The molecule has 0 aliphatic rings. The van der Waals surface area contributed by atoms with Gasteiger partial charge in [0.25, 0.3) is 0 Å². The number of hydrogen-bond acceptors (Lipinski definition) is 4. The third kappa shape index (κ3) is 3.99. The third-order valence-corrected chi connectivity index (χ3v) is 3.02. The fraction of sp³-hybridized carbons (Fsp3) is 0.125. The van der Waals surface area contributed by atoms with Crippen LogP contribution in [0, 0.1) is 0 Å². The fourth-order valence-electron chi connectivity index (χ4n) is 1.76. The van der Waals surface area contributed by atoms with E-state index in [4.69, 9.17) is 21.0 Å². The van der Waals surface area contributed by atoms with Gasteiger partial charge in [0, 0.05) is 11.1 Å². The zero-order valence-electron chi connectivity index (χ0n) is 12.2. The molecule has 0 fully saturated rings. The minimum absolute atomic E-state index is 0.246. The van der Waals surface area contributed by atoms with Crippen LogP contribution in [0.5, 0.6) is 5.75 Å². The van der Waals surface area contributed by atoms with Crippen LogP contribution in [0.25, 0.3) is 0 Å². The van der Waals surface area contributed by atoms with Gasteiger partial charge in [-0.05, 0) is 42.0 Å². The lowest BCUT2D eigenvalue weighted by atomic mass is 10.1. The second-order valence-corrected chi connectivity index (χ2v) is 4.54. The molecule has 2 aromatic carbocycles. The quantitative estimate of drug-likeness (QED) is 0.481. The van der Waals surface area contributed by atoms with Gasteiger partial charge in [0.1, 0.15) is 12.4 Å². The van der Waals surface area contributed by atoms with Crippen molar-refractivity contribution in [3.8, 4) is 5.75 Å². The van der Waals surface area contributed by atoms with Crippen molar-refractivity contribution in [3.63, 3.8) is 0 Å². The van der Waals surface area contributed by atoms with E-state index < -0.39 is 5.91 Å². The van der Waals surface area contributed by atoms with E-state index in [1.807, 2.05) is 0 Å². The molecule has 2 rings (SSSR count). The van der Waals surface area contributed by atoms with E-state index in [0.29, 0.717) is 5.56 Å². The van der Waals surface area contributed by atoms with Gasteiger partial charge < -0.3 is 21.0 Å². The molecule has 2 aromatic rings. The molecule has 0 aliphatic heterocycles. The van der Waals surface area contributed by atoms with Crippen LogP contribution < -0.4 is 16.2 Å². The molecular weight excluding hydrogens is 282 g/mol. The second kappa shape index (κ2) is 7.12. The topological polar surface area (TPSA) is 99.9 Å². The Bertz CT molecular complexity index is 664. The van der Waals surface area contributed by atoms with Crippen LogP contribution in [0.1, 0.15) is 21.5 Å². The largest absolute Gasteiger partial charge is 0.497 e. The van der Waals surface area contributed by atoms with Crippen molar-refractivity contribution >= 4 is 11.7 Å². The Labute approximate surface area is 128 Å². The Kier molecular flexibility index (Phi) is 4.98. The molecule has 0 aromatic heterocycles. The average Bonchev–Trinajstić information content (AvgIpc) is 2.55. The maximum atomic E-state index is 11.0. The van der Waals surface area contributed by atoms with Gasteiger partial charge in [-0.25, -0.2) is 0 Å². The number of nitrogens with zero attached hydrogens (tertiary/aromatic N) is 1. The van der Waals surface area contributed by atoms with E-state index in [2.05, 4.69) is 5.16 Å². The number of primary amides is 1. The summed E-state index contributed by atoms with van der Waals surface area (Å²) in [5.74, 6) is 0.553. The van der Waals surface area contributed by atoms with Crippen LogP contribution in [0.15, 0.2) is 53.7 Å². The number of nitrogens with two attached hydrogens (primary N) is 2. The van der Waals surface area contributed by atoms with Gasteiger partial charge >= 0.3 is 0 Å². The summed E-state index contributed by atoms with van der Waals surface area (Å²) in [5.41, 5.74) is 13.1. The number of rotatable bonds is 6. The zero-order valence-corrected chi connectivity index (χ0v) is 12.2. The lowest BCUT2D eigenvalue weighted by Gasteiger charge is -2.04. The van der Waals surface area contributed by atoms with Crippen LogP contribution in [-0.2, 0) is 11.4 Å². The molecule has 0 bridgehead atoms. The molecule has 6 nitrogen and oxygen atoms in total. The Morgan fingerprint density at radius 3 is 2.14 bits per heavy atom. The number of oxime groups is 1. The van der Waals surface area contributed by atoms with E-state index in [9.17, 15) is 4.79 Å². The summed E-state index contributed by atoms with van der Waals surface area (Å²) < 4.78 is 5.07. The van der Waals surface area contributed by atoms with Gasteiger partial charge in [0.05, 0.1) is 7.11 Å². The van der Waals surface area contributed by atoms with E-state index in [1.54, 1.807) is 55.6 Å². The predicted octanol–water partition coefficient (Wildman–Crippen LogP) is 1.63. The van der Waals surface area contributed by atoms with Gasteiger partial charge in [-0.2, -0.15) is 0 Å². The highest BCUT2D eigenvalue weighted by Gasteiger charge is 2.02. The maximum Gasteiger partial charge on any atom is 0.248 e. The normalized spacial score (nSPS) is 11.0. The van der Waals surface area contributed by atoms with Crippen molar-refractivity contribution in [2.24, 2.45) is 16.6 Å². The molecule has 6 heteroatoms. The van der Waals surface area contributed by atoms with Gasteiger partial charge in [-0.3, -0.25) is 4.79 Å². The van der Waals surface area contributed by atoms with E-state index in [0.717, 1.165) is 16.9 Å². The predicted molar refractivity (Wildman–Crippen MR) is 83.5 cm³/mol. The van der Waals surface area contributed by atoms with Crippen molar-refractivity contribution in [2.75, 3.05) is 7.11 Å². The average molecular weight is 299 g/mol. The maximum absolute atomic E-state index is 11.0. The van der Waals surface area contributed by atoms with E-state index in [1.165, 1.54) is 0 Å². The van der Waals surface area contributed by atoms with Crippen molar-refractivity contribution in [1.82, 2.24) is 0 Å².